The number of amides is 1. The number of benzene rings is 1. The van der Waals surface area contributed by atoms with E-state index in [9.17, 15) is 31.1 Å². The minimum atomic E-state index is -5.20. The molecule has 1 aromatic rings. The number of para-hydroxylation sites is 1. The van der Waals surface area contributed by atoms with Crippen molar-refractivity contribution in [3.05, 3.63) is 41.0 Å². The average Bonchev–Trinajstić information content (AvgIpc) is 2.87. The van der Waals surface area contributed by atoms with Gasteiger partial charge in [0.2, 0.25) is 12.0 Å². The molecular weight excluding hydrogens is 422 g/mol. The second-order valence-corrected chi connectivity index (χ2v) is 5.59. The summed E-state index contributed by atoms with van der Waals surface area (Å²) in [5, 5.41) is 0.370. The minimum absolute atomic E-state index is 0.0995. The van der Waals surface area contributed by atoms with Crippen LogP contribution in [0.15, 0.2) is 46.0 Å². The first-order valence-corrected chi connectivity index (χ1v) is 7.24. The zero-order valence-corrected chi connectivity index (χ0v) is 13.6. The SMILES string of the molecule is NC(=O)/C(Br)=C/N1C(C(F)(F)F)=NC(C(F)(F)F)N1c1ccccc1. The highest BCUT2D eigenvalue weighted by molar-refractivity contribution is 9.12. The third-order valence-corrected chi connectivity index (χ3v) is 3.56. The zero-order valence-electron chi connectivity index (χ0n) is 12.0. The van der Waals surface area contributed by atoms with Crippen LogP contribution < -0.4 is 10.7 Å². The van der Waals surface area contributed by atoms with Crippen molar-refractivity contribution in [3.63, 3.8) is 0 Å². The monoisotopic (exact) mass is 430 g/mol. The number of nitrogens with two attached hydrogens (primary N) is 1. The second-order valence-electron chi connectivity index (χ2n) is 4.73. The number of halogens is 7. The van der Waals surface area contributed by atoms with E-state index in [-0.39, 0.29) is 15.7 Å². The topological polar surface area (TPSA) is 61.9 Å². The normalized spacial score (nSPS) is 19.2. The molecule has 0 bridgehead atoms. The van der Waals surface area contributed by atoms with Crippen LogP contribution in [0.3, 0.4) is 0 Å². The van der Waals surface area contributed by atoms with Gasteiger partial charge in [-0.1, -0.05) is 18.2 Å². The summed E-state index contributed by atoms with van der Waals surface area (Å²) in [5.74, 6) is -3.00. The Labute approximate surface area is 145 Å². The number of rotatable bonds is 3. The number of hydrogen-bond acceptors (Lipinski definition) is 4. The molecule has 0 saturated carbocycles. The van der Waals surface area contributed by atoms with Gasteiger partial charge in [-0.15, -0.1) is 0 Å². The Morgan fingerprint density at radius 3 is 2.16 bits per heavy atom. The molecule has 1 amide bonds. The molecule has 0 spiro atoms. The zero-order chi connectivity index (χ0) is 19.0. The Morgan fingerprint density at radius 2 is 1.72 bits per heavy atom. The smallest absolute Gasteiger partial charge is 0.365 e. The molecular formula is C13H9BrF6N4O. The number of alkyl halides is 6. The van der Waals surface area contributed by atoms with E-state index in [2.05, 4.69) is 20.9 Å². The van der Waals surface area contributed by atoms with Gasteiger partial charge in [-0.3, -0.25) is 4.79 Å². The molecule has 12 heteroatoms. The largest absolute Gasteiger partial charge is 0.451 e. The predicted molar refractivity (Wildman–Crippen MR) is 80.3 cm³/mol. The first kappa shape index (κ1) is 19.1. The van der Waals surface area contributed by atoms with Crippen molar-refractivity contribution in [1.82, 2.24) is 5.01 Å². The van der Waals surface area contributed by atoms with Gasteiger partial charge >= 0.3 is 12.4 Å². The van der Waals surface area contributed by atoms with Crippen LogP contribution in [-0.4, -0.2) is 35.3 Å². The summed E-state index contributed by atoms with van der Waals surface area (Å²) >= 11 is 2.63. The Morgan fingerprint density at radius 1 is 1.16 bits per heavy atom. The lowest BCUT2D eigenvalue weighted by molar-refractivity contribution is -0.148. The maximum atomic E-state index is 13.3. The van der Waals surface area contributed by atoms with Crippen molar-refractivity contribution in [2.75, 3.05) is 5.01 Å². The van der Waals surface area contributed by atoms with Crippen LogP contribution in [0.2, 0.25) is 0 Å². The van der Waals surface area contributed by atoms with Gasteiger partial charge in [0.1, 0.15) is 4.48 Å². The number of aliphatic imine (C=N–C) groups is 1. The fourth-order valence-corrected chi connectivity index (χ4v) is 2.20. The van der Waals surface area contributed by atoms with Crippen LogP contribution >= 0.6 is 15.9 Å². The molecule has 0 fully saturated rings. The van der Waals surface area contributed by atoms with Gasteiger partial charge < -0.3 is 5.73 Å². The lowest BCUT2D eigenvalue weighted by atomic mass is 10.3. The van der Waals surface area contributed by atoms with Crippen molar-refractivity contribution in [1.29, 1.82) is 0 Å². The maximum Gasteiger partial charge on any atom is 0.451 e. The molecule has 25 heavy (non-hydrogen) atoms. The lowest BCUT2D eigenvalue weighted by Gasteiger charge is -2.34. The van der Waals surface area contributed by atoms with E-state index in [1.54, 1.807) is 0 Å². The summed E-state index contributed by atoms with van der Waals surface area (Å²) in [5.41, 5.74) is 4.72. The summed E-state index contributed by atoms with van der Waals surface area (Å²) < 4.78 is 78.8. The van der Waals surface area contributed by atoms with Gasteiger partial charge in [0.05, 0.1) is 5.69 Å². The summed E-state index contributed by atoms with van der Waals surface area (Å²) in [7, 11) is 0. The van der Waals surface area contributed by atoms with E-state index in [0.29, 0.717) is 6.20 Å². The Kier molecular flexibility index (Phi) is 5.02. The predicted octanol–water partition coefficient (Wildman–Crippen LogP) is 3.29. The van der Waals surface area contributed by atoms with Crippen molar-refractivity contribution < 1.29 is 31.1 Å². The summed E-state index contributed by atoms with van der Waals surface area (Å²) in [4.78, 5) is 13.9. The van der Waals surface area contributed by atoms with E-state index in [4.69, 9.17) is 5.73 Å². The highest BCUT2D eigenvalue weighted by Crippen LogP contribution is 2.39. The molecule has 0 radical (unpaired) electrons. The van der Waals surface area contributed by atoms with Gasteiger partial charge in [-0.25, -0.2) is 15.0 Å². The van der Waals surface area contributed by atoms with Crippen LogP contribution in [0.1, 0.15) is 0 Å². The average molecular weight is 431 g/mol. The fourth-order valence-electron chi connectivity index (χ4n) is 2.01. The number of primary amides is 1. The highest BCUT2D eigenvalue weighted by atomic mass is 79.9. The molecule has 1 aromatic carbocycles. The lowest BCUT2D eigenvalue weighted by Crippen LogP contribution is -2.50. The Hall–Kier alpha value is -2.24. The highest BCUT2D eigenvalue weighted by Gasteiger charge is 2.56. The van der Waals surface area contributed by atoms with Crippen molar-refractivity contribution in [2.45, 2.75) is 18.5 Å². The van der Waals surface area contributed by atoms with Gasteiger partial charge in [0.25, 0.3) is 5.91 Å². The van der Waals surface area contributed by atoms with E-state index < -0.39 is 34.7 Å². The van der Waals surface area contributed by atoms with Crippen molar-refractivity contribution >= 4 is 33.4 Å². The third-order valence-electron chi connectivity index (χ3n) is 2.96. The number of hydrazine groups is 1. The van der Waals surface area contributed by atoms with Gasteiger partial charge in [-0.05, 0) is 28.1 Å². The maximum absolute atomic E-state index is 13.3. The van der Waals surface area contributed by atoms with Crippen LogP contribution in [0.25, 0.3) is 0 Å². The molecule has 1 aliphatic rings. The van der Waals surface area contributed by atoms with Crippen LogP contribution in [0, 0.1) is 0 Å². The molecule has 5 nitrogen and oxygen atoms in total. The molecule has 1 atom stereocenters. The number of anilines is 1. The summed E-state index contributed by atoms with van der Waals surface area (Å²) in [6, 6.07) is 6.52. The van der Waals surface area contributed by atoms with E-state index in [1.165, 1.54) is 30.3 Å². The summed E-state index contributed by atoms with van der Waals surface area (Å²) in [6.45, 7) is 0. The standard InChI is InChI=1S/C13H9BrF6N4O/c14-8(9(21)25)6-23-10(12(15,16)17)22-11(13(18,19)20)24(23)7-4-2-1-3-5-7/h1-6,11H,(H2,21,25)/b8-6-. The molecule has 2 rings (SSSR count). The van der Waals surface area contributed by atoms with E-state index >= 15 is 0 Å². The Bertz CT molecular complexity index is 715. The molecule has 0 aliphatic carbocycles. The molecule has 1 aliphatic heterocycles. The number of amidine groups is 1. The molecule has 2 N–H and O–H groups in total. The molecule has 0 saturated heterocycles. The number of nitrogens with zero attached hydrogens (tertiary/aromatic N) is 3. The second kappa shape index (κ2) is 6.58. The molecule has 136 valence electrons. The molecule has 1 unspecified atom stereocenters. The van der Waals surface area contributed by atoms with E-state index in [1.807, 2.05) is 0 Å². The summed E-state index contributed by atoms with van der Waals surface area (Å²) in [6.07, 6.45) is -12.6. The first-order chi connectivity index (χ1) is 11.4. The molecule has 1 heterocycles. The first-order valence-electron chi connectivity index (χ1n) is 6.45. The fraction of sp³-hybridized carbons (Fsp3) is 0.231. The minimum Gasteiger partial charge on any atom is -0.365 e. The van der Waals surface area contributed by atoms with Crippen molar-refractivity contribution in [3.8, 4) is 0 Å². The van der Waals surface area contributed by atoms with E-state index in [0.717, 1.165) is 0 Å². The van der Waals surface area contributed by atoms with Crippen LogP contribution in [-0.2, 0) is 4.79 Å². The van der Waals surface area contributed by atoms with Crippen LogP contribution in [0.4, 0.5) is 32.0 Å². The van der Waals surface area contributed by atoms with Gasteiger partial charge in [0, 0.05) is 6.20 Å². The molecule has 0 aromatic heterocycles. The van der Waals surface area contributed by atoms with Crippen LogP contribution in [0.5, 0.6) is 0 Å². The number of carbonyl (C=O) groups is 1. The number of hydrogen-bond donors (Lipinski definition) is 1. The van der Waals surface area contributed by atoms with Crippen molar-refractivity contribution in [2.24, 2.45) is 10.7 Å². The van der Waals surface area contributed by atoms with Gasteiger partial charge in [-0.2, -0.15) is 26.3 Å². The Balaban J connectivity index is 2.65. The number of carbonyl (C=O) groups excluding carboxylic acids is 1. The quantitative estimate of drug-likeness (QED) is 0.591. The van der Waals surface area contributed by atoms with Gasteiger partial charge in [0.15, 0.2) is 0 Å². The third kappa shape index (κ3) is 4.06.